The summed E-state index contributed by atoms with van der Waals surface area (Å²) in [5.74, 6) is -0.276. The van der Waals surface area contributed by atoms with Crippen molar-refractivity contribution in [2.75, 3.05) is 33.1 Å². The highest BCUT2D eigenvalue weighted by Crippen LogP contribution is 2.28. The first kappa shape index (κ1) is 14.8. The van der Waals surface area contributed by atoms with Gasteiger partial charge in [-0.2, -0.15) is 0 Å². The van der Waals surface area contributed by atoms with Crippen molar-refractivity contribution in [1.29, 1.82) is 0 Å². The van der Waals surface area contributed by atoms with Crippen molar-refractivity contribution in [2.45, 2.75) is 4.90 Å². The number of amides is 1. The van der Waals surface area contributed by atoms with Gasteiger partial charge in [0.25, 0.3) is 15.0 Å². The van der Waals surface area contributed by atoms with Crippen molar-refractivity contribution in [3.8, 4) is 0 Å². The number of carbonyl (C=O) groups excluding carboxylic acids is 1. The molecule has 0 unspecified atom stereocenters. The van der Waals surface area contributed by atoms with Crippen LogP contribution in [0.25, 0.3) is 0 Å². The summed E-state index contributed by atoms with van der Waals surface area (Å²) in [6.07, 6.45) is 0. The van der Waals surface area contributed by atoms with E-state index in [1.165, 1.54) is 11.0 Å². The average molecular weight is 291 g/mol. The number of benzene rings is 1. The standard InChI is InChI=1S/C11H15ClN2O3S/c1-13(2)9-6-5-8(11(15)14(3)4)7-10(9)18(12,16)17/h5-7H,1-4H3. The van der Waals surface area contributed by atoms with E-state index < -0.39 is 9.05 Å². The number of anilines is 1. The summed E-state index contributed by atoms with van der Waals surface area (Å²) in [5.41, 5.74) is 0.727. The van der Waals surface area contributed by atoms with E-state index in [9.17, 15) is 13.2 Å². The van der Waals surface area contributed by atoms with Gasteiger partial charge in [-0.25, -0.2) is 8.42 Å². The predicted molar refractivity (Wildman–Crippen MR) is 71.8 cm³/mol. The lowest BCUT2D eigenvalue weighted by molar-refractivity contribution is 0.0827. The molecule has 0 spiro atoms. The van der Waals surface area contributed by atoms with Crippen LogP contribution in [0.1, 0.15) is 10.4 Å². The van der Waals surface area contributed by atoms with Gasteiger partial charge in [0, 0.05) is 44.4 Å². The zero-order chi connectivity index (χ0) is 14.1. The van der Waals surface area contributed by atoms with E-state index in [0.29, 0.717) is 5.69 Å². The molecule has 0 saturated carbocycles. The van der Waals surface area contributed by atoms with Gasteiger partial charge in [0.05, 0.1) is 5.69 Å². The molecule has 0 aliphatic carbocycles. The SMILES string of the molecule is CN(C)C(=O)c1ccc(N(C)C)c(S(=O)(=O)Cl)c1. The maximum absolute atomic E-state index is 11.8. The minimum atomic E-state index is -3.90. The number of nitrogens with zero attached hydrogens (tertiary/aromatic N) is 2. The molecule has 0 bridgehead atoms. The minimum Gasteiger partial charge on any atom is -0.377 e. The molecular weight excluding hydrogens is 276 g/mol. The largest absolute Gasteiger partial charge is 0.377 e. The fourth-order valence-electron chi connectivity index (χ4n) is 1.47. The van der Waals surface area contributed by atoms with Crippen LogP contribution in [0.3, 0.4) is 0 Å². The Hall–Kier alpha value is -1.27. The van der Waals surface area contributed by atoms with E-state index >= 15 is 0 Å². The molecule has 0 N–H and O–H groups in total. The Bertz CT molecular complexity index is 568. The molecule has 100 valence electrons. The molecule has 18 heavy (non-hydrogen) atoms. The van der Waals surface area contributed by atoms with Crippen molar-refractivity contribution in [1.82, 2.24) is 4.90 Å². The minimum absolute atomic E-state index is 0.0677. The number of halogens is 1. The molecule has 0 saturated heterocycles. The van der Waals surface area contributed by atoms with Gasteiger partial charge < -0.3 is 9.80 Å². The van der Waals surface area contributed by atoms with Crippen LogP contribution in [0.2, 0.25) is 0 Å². The molecule has 0 aliphatic heterocycles. The van der Waals surface area contributed by atoms with Crippen LogP contribution in [-0.2, 0) is 9.05 Å². The molecule has 1 aromatic carbocycles. The molecule has 0 radical (unpaired) electrons. The molecule has 0 aliphatic rings. The first-order valence-corrected chi connectivity index (χ1v) is 7.43. The number of rotatable bonds is 3. The second-order valence-electron chi connectivity index (χ2n) is 4.21. The Balaban J connectivity index is 3.45. The Morgan fingerprint density at radius 3 is 2.11 bits per heavy atom. The zero-order valence-corrected chi connectivity index (χ0v) is 12.2. The van der Waals surface area contributed by atoms with Crippen LogP contribution >= 0.6 is 10.7 Å². The van der Waals surface area contributed by atoms with Crippen LogP contribution in [0.4, 0.5) is 5.69 Å². The molecule has 1 aromatic rings. The van der Waals surface area contributed by atoms with Crippen LogP contribution < -0.4 is 4.90 Å². The van der Waals surface area contributed by atoms with Crippen molar-refractivity contribution in [3.05, 3.63) is 23.8 Å². The number of carbonyl (C=O) groups is 1. The van der Waals surface area contributed by atoms with Crippen molar-refractivity contribution in [3.63, 3.8) is 0 Å². The molecule has 0 heterocycles. The third-order valence-corrected chi connectivity index (χ3v) is 3.71. The summed E-state index contributed by atoms with van der Waals surface area (Å²) in [7, 11) is 8.08. The van der Waals surface area contributed by atoms with Crippen molar-refractivity contribution in [2.24, 2.45) is 0 Å². The van der Waals surface area contributed by atoms with Gasteiger partial charge in [0.15, 0.2) is 0 Å². The summed E-state index contributed by atoms with van der Waals surface area (Å²) in [6, 6.07) is 4.43. The van der Waals surface area contributed by atoms with Gasteiger partial charge in [0.2, 0.25) is 0 Å². The molecule has 5 nitrogen and oxygen atoms in total. The molecule has 1 amide bonds. The van der Waals surface area contributed by atoms with Crippen LogP contribution in [0, 0.1) is 0 Å². The molecule has 7 heteroatoms. The molecule has 0 aromatic heterocycles. The van der Waals surface area contributed by atoms with E-state index in [1.54, 1.807) is 45.2 Å². The molecule has 0 atom stereocenters. The smallest absolute Gasteiger partial charge is 0.263 e. The number of hydrogen-bond donors (Lipinski definition) is 0. The Kier molecular flexibility index (Phi) is 4.24. The second kappa shape index (κ2) is 5.16. The highest BCUT2D eigenvalue weighted by molar-refractivity contribution is 8.13. The fraction of sp³-hybridized carbons (Fsp3) is 0.364. The second-order valence-corrected chi connectivity index (χ2v) is 6.75. The summed E-state index contributed by atoms with van der Waals surface area (Å²) in [6.45, 7) is 0. The van der Waals surface area contributed by atoms with E-state index in [1.807, 2.05) is 0 Å². The topological polar surface area (TPSA) is 57.7 Å². The van der Waals surface area contributed by atoms with Gasteiger partial charge >= 0.3 is 0 Å². The highest BCUT2D eigenvalue weighted by atomic mass is 35.7. The lowest BCUT2D eigenvalue weighted by Gasteiger charge is -2.17. The summed E-state index contributed by atoms with van der Waals surface area (Å²) < 4.78 is 23.0. The van der Waals surface area contributed by atoms with Gasteiger partial charge in [-0.3, -0.25) is 4.79 Å². The van der Waals surface area contributed by atoms with E-state index in [4.69, 9.17) is 10.7 Å². The van der Waals surface area contributed by atoms with Crippen molar-refractivity contribution < 1.29 is 13.2 Å². The third-order valence-electron chi connectivity index (χ3n) is 2.36. The highest BCUT2D eigenvalue weighted by Gasteiger charge is 2.20. The first-order chi connectivity index (χ1) is 8.14. The zero-order valence-electron chi connectivity index (χ0n) is 10.6. The lowest BCUT2D eigenvalue weighted by atomic mass is 10.2. The normalized spacial score (nSPS) is 11.2. The van der Waals surface area contributed by atoms with E-state index in [-0.39, 0.29) is 16.4 Å². The lowest BCUT2D eigenvalue weighted by Crippen LogP contribution is -2.22. The number of hydrogen-bond acceptors (Lipinski definition) is 4. The average Bonchev–Trinajstić information content (AvgIpc) is 2.25. The molecular formula is C11H15ClN2O3S. The van der Waals surface area contributed by atoms with Crippen LogP contribution in [0.15, 0.2) is 23.1 Å². The van der Waals surface area contributed by atoms with Gasteiger partial charge in [-0.05, 0) is 18.2 Å². The molecule has 0 fully saturated rings. The predicted octanol–water partition coefficient (Wildman–Crippen LogP) is 1.38. The maximum Gasteiger partial charge on any atom is 0.263 e. The van der Waals surface area contributed by atoms with Crippen LogP contribution in [0.5, 0.6) is 0 Å². The van der Waals surface area contributed by atoms with Gasteiger partial charge in [0.1, 0.15) is 4.90 Å². The Morgan fingerprint density at radius 1 is 1.17 bits per heavy atom. The van der Waals surface area contributed by atoms with Crippen molar-refractivity contribution >= 4 is 31.3 Å². The summed E-state index contributed by atoms with van der Waals surface area (Å²) in [5, 5.41) is 0. The monoisotopic (exact) mass is 290 g/mol. The van der Waals surface area contributed by atoms with E-state index in [0.717, 1.165) is 0 Å². The first-order valence-electron chi connectivity index (χ1n) is 5.12. The van der Waals surface area contributed by atoms with Crippen LogP contribution in [-0.4, -0.2) is 47.4 Å². The van der Waals surface area contributed by atoms with E-state index in [2.05, 4.69) is 0 Å². The molecule has 1 rings (SSSR count). The van der Waals surface area contributed by atoms with Gasteiger partial charge in [-0.15, -0.1) is 0 Å². The maximum atomic E-state index is 11.8. The fourth-order valence-corrected chi connectivity index (χ4v) is 2.61. The van der Waals surface area contributed by atoms with Gasteiger partial charge in [-0.1, -0.05) is 0 Å². The Morgan fingerprint density at radius 2 is 1.72 bits per heavy atom. The Labute approximate surface area is 111 Å². The summed E-state index contributed by atoms with van der Waals surface area (Å²) >= 11 is 0. The third kappa shape index (κ3) is 3.14. The summed E-state index contributed by atoms with van der Waals surface area (Å²) in [4.78, 5) is 14.7. The quantitative estimate of drug-likeness (QED) is 0.789.